The molecule has 1 atom stereocenters. The van der Waals surface area contributed by atoms with Gasteiger partial charge in [0.25, 0.3) is 11.5 Å². The smallest absolute Gasteiger partial charge is 0.263 e. The van der Waals surface area contributed by atoms with Crippen LogP contribution in [0.3, 0.4) is 0 Å². The van der Waals surface area contributed by atoms with Crippen LogP contribution in [0.25, 0.3) is 0 Å². The maximum Gasteiger partial charge on any atom is 0.263 e. The highest BCUT2D eigenvalue weighted by Gasteiger charge is 2.35. The third kappa shape index (κ3) is 3.30. The topological polar surface area (TPSA) is 80.6 Å². The number of fused-ring (bicyclic) bond motifs is 1. The van der Waals surface area contributed by atoms with Gasteiger partial charge < -0.3 is 19.7 Å². The molecule has 1 aromatic heterocycles. The Balaban J connectivity index is 1.81. The molecule has 0 spiro atoms. The first kappa shape index (κ1) is 17.2. The van der Waals surface area contributed by atoms with Crippen molar-refractivity contribution in [3.05, 3.63) is 63.6 Å². The predicted molar refractivity (Wildman–Crippen MR) is 93.8 cm³/mol. The van der Waals surface area contributed by atoms with E-state index >= 15 is 0 Å². The average Bonchev–Trinajstić information content (AvgIpc) is 2.62. The van der Waals surface area contributed by atoms with Gasteiger partial charge in [-0.2, -0.15) is 0 Å². The van der Waals surface area contributed by atoms with Crippen LogP contribution in [-0.2, 0) is 19.1 Å². The Morgan fingerprint density at radius 3 is 2.96 bits per heavy atom. The van der Waals surface area contributed by atoms with Crippen LogP contribution >= 0.6 is 0 Å². The molecule has 1 amide bonds. The summed E-state index contributed by atoms with van der Waals surface area (Å²) in [5.41, 5.74) is 0.397. The number of carbonyl (C=O) groups is 1. The molecule has 132 valence electrons. The van der Waals surface area contributed by atoms with Gasteiger partial charge in [-0.3, -0.25) is 9.59 Å². The summed E-state index contributed by atoms with van der Waals surface area (Å²) >= 11 is 0. The fourth-order valence-corrected chi connectivity index (χ4v) is 3.34. The fourth-order valence-electron chi connectivity index (χ4n) is 3.34. The highest BCUT2D eigenvalue weighted by atomic mass is 16.5. The molecule has 0 radical (unpaired) electrons. The Labute approximate surface area is 146 Å². The van der Waals surface area contributed by atoms with E-state index in [0.717, 1.165) is 29.7 Å². The molecule has 0 bridgehead atoms. The van der Waals surface area contributed by atoms with Crippen LogP contribution in [0.5, 0.6) is 5.75 Å². The fraction of sp³-hybridized carbons (Fsp3) is 0.368. The molecule has 6 nitrogen and oxygen atoms in total. The van der Waals surface area contributed by atoms with Gasteiger partial charge >= 0.3 is 0 Å². The number of hydrogen-bond acceptors (Lipinski definition) is 4. The molecule has 0 fully saturated rings. The molecule has 2 aromatic rings. The molecular formula is C19H22N2O4. The molecule has 2 N–H and O–H groups in total. The SMILES string of the molecule is COc1ccc2c(c1)CCCC2(O)CNC(=O)c1cccn(C)c1=O. The zero-order valence-corrected chi connectivity index (χ0v) is 14.4. The van der Waals surface area contributed by atoms with Gasteiger partial charge in [-0.25, -0.2) is 0 Å². The summed E-state index contributed by atoms with van der Waals surface area (Å²) in [6.07, 6.45) is 3.83. The highest BCUT2D eigenvalue weighted by molar-refractivity contribution is 5.93. The first-order valence-corrected chi connectivity index (χ1v) is 8.28. The normalized spacial score (nSPS) is 19.2. The van der Waals surface area contributed by atoms with Crippen molar-refractivity contribution in [3.8, 4) is 5.75 Å². The Hall–Kier alpha value is -2.60. The lowest BCUT2D eigenvalue weighted by Crippen LogP contribution is -2.44. The van der Waals surface area contributed by atoms with Gasteiger partial charge in [-0.05, 0) is 54.7 Å². The molecule has 1 unspecified atom stereocenters. The highest BCUT2D eigenvalue weighted by Crippen LogP contribution is 2.36. The largest absolute Gasteiger partial charge is 0.497 e. The molecule has 0 saturated heterocycles. The third-order valence-electron chi connectivity index (χ3n) is 4.76. The maximum atomic E-state index is 12.4. The van der Waals surface area contributed by atoms with Crippen molar-refractivity contribution in [2.45, 2.75) is 24.9 Å². The number of ether oxygens (including phenoxy) is 1. The minimum atomic E-state index is -1.14. The van der Waals surface area contributed by atoms with Crippen LogP contribution in [0, 0.1) is 0 Å². The number of rotatable bonds is 4. The van der Waals surface area contributed by atoms with Crippen molar-refractivity contribution in [1.82, 2.24) is 9.88 Å². The Morgan fingerprint density at radius 1 is 1.40 bits per heavy atom. The van der Waals surface area contributed by atoms with Gasteiger partial charge in [0, 0.05) is 13.2 Å². The lowest BCUT2D eigenvalue weighted by Gasteiger charge is -2.34. The number of benzene rings is 1. The average molecular weight is 342 g/mol. The predicted octanol–water partition coefficient (Wildman–Crippen LogP) is 1.35. The quantitative estimate of drug-likeness (QED) is 0.879. The van der Waals surface area contributed by atoms with Crippen LogP contribution in [0.1, 0.15) is 34.3 Å². The van der Waals surface area contributed by atoms with E-state index in [1.54, 1.807) is 26.4 Å². The van der Waals surface area contributed by atoms with Gasteiger partial charge in [-0.15, -0.1) is 0 Å². The number of pyridine rings is 1. The second kappa shape index (κ2) is 6.72. The van der Waals surface area contributed by atoms with Gasteiger partial charge in [0.1, 0.15) is 16.9 Å². The summed E-state index contributed by atoms with van der Waals surface area (Å²) in [7, 11) is 3.20. The molecule has 1 aromatic carbocycles. The maximum absolute atomic E-state index is 12.4. The Bertz CT molecular complexity index is 859. The van der Waals surface area contributed by atoms with Gasteiger partial charge in [0.15, 0.2) is 0 Å². The van der Waals surface area contributed by atoms with E-state index in [-0.39, 0.29) is 17.7 Å². The standard InChI is InChI=1S/C19H22N2O4/c1-21-10-4-6-15(18(21)23)17(22)20-12-19(24)9-3-5-13-11-14(25-2)7-8-16(13)19/h4,6-8,10-11,24H,3,5,9,12H2,1-2H3,(H,20,22). The Kier molecular flexibility index (Phi) is 4.63. The van der Waals surface area contributed by atoms with Crippen molar-refractivity contribution in [3.63, 3.8) is 0 Å². The molecule has 0 aliphatic heterocycles. The third-order valence-corrected chi connectivity index (χ3v) is 4.76. The molecule has 6 heteroatoms. The van der Waals surface area contributed by atoms with Crippen LogP contribution in [0.4, 0.5) is 0 Å². The second-order valence-corrected chi connectivity index (χ2v) is 6.43. The number of aromatic nitrogens is 1. The molecule has 1 heterocycles. The summed E-state index contributed by atoms with van der Waals surface area (Å²) in [6, 6.07) is 8.72. The minimum Gasteiger partial charge on any atom is -0.497 e. The summed E-state index contributed by atoms with van der Waals surface area (Å²) < 4.78 is 6.59. The van der Waals surface area contributed by atoms with Crippen LogP contribution < -0.4 is 15.6 Å². The summed E-state index contributed by atoms with van der Waals surface area (Å²) in [4.78, 5) is 24.4. The summed E-state index contributed by atoms with van der Waals surface area (Å²) in [5.74, 6) is 0.273. The molecule has 3 rings (SSSR count). The molecule has 0 saturated carbocycles. The van der Waals surface area contributed by atoms with E-state index in [1.807, 2.05) is 18.2 Å². The van der Waals surface area contributed by atoms with E-state index in [9.17, 15) is 14.7 Å². The van der Waals surface area contributed by atoms with Crippen LogP contribution in [0.2, 0.25) is 0 Å². The van der Waals surface area contributed by atoms with E-state index in [0.29, 0.717) is 6.42 Å². The number of methoxy groups -OCH3 is 1. The monoisotopic (exact) mass is 342 g/mol. The zero-order chi connectivity index (χ0) is 18.0. The Morgan fingerprint density at radius 2 is 2.20 bits per heavy atom. The number of aryl methyl sites for hydroxylation is 2. The van der Waals surface area contributed by atoms with Gasteiger partial charge in [0.2, 0.25) is 0 Å². The molecular weight excluding hydrogens is 320 g/mol. The van der Waals surface area contributed by atoms with Crippen molar-refractivity contribution in [2.24, 2.45) is 7.05 Å². The van der Waals surface area contributed by atoms with Crippen molar-refractivity contribution in [1.29, 1.82) is 0 Å². The summed E-state index contributed by atoms with van der Waals surface area (Å²) in [5, 5.41) is 13.8. The van der Waals surface area contributed by atoms with E-state index in [2.05, 4.69) is 5.32 Å². The number of carbonyl (C=O) groups excluding carboxylic acids is 1. The number of nitrogens with one attached hydrogen (secondary N) is 1. The number of hydrogen-bond donors (Lipinski definition) is 2. The number of nitrogens with zero attached hydrogens (tertiary/aromatic N) is 1. The molecule has 25 heavy (non-hydrogen) atoms. The van der Waals surface area contributed by atoms with Crippen molar-refractivity contribution >= 4 is 5.91 Å². The van der Waals surface area contributed by atoms with E-state index < -0.39 is 11.5 Å². The first-order valence-electron chi connectivity index (χ1n) is 8.28. The minimum absolute atomic E-state index is 0.0587. The van der Waals surface area contributed by atoms with Gasteiger partial charge in [0.05, 0.1) is 13.7 Å². The number of amides is 1. The molecule has 1 aliphatic carbocycles. The zero-order valence-electron chi connectivity index (χ0n) is 14.4. The first-order chi connectivity index (χ1) is 11.9. The lowest BCUT2D eigenvalue weighted by molar-refractivity contribution is 0.0188. The number of aliphatic hydroxyl groups is 1. The summed E-state index contributed by atoms with van der Waals surface area (Å²) in [6.45, 7) is 0.0587. The lowest BCUT2D eigenvalue weighted by atomic mass is 9.79. The van der Waals surface area contributed by atoms with E-state index in [1.165, 1.54) is 10.6 Å². The molecule has 1 aliphatic rings. The van der Waals surface area contributed by atoms with E-state index in [4.69, 9.17) is 4.74 Å². The van der Waals surface area contributed by atoms with Gasteiger partial charge in [-0.1, -0.05) is 6.07 Å². The second-order valence-electron chi connectivity index (χ2n) is 6.43. The van der Waals surface area contributed by atoms with Crippen molar-refractivity contribution in [2.75, 3.05) is 13.7 Å². The van der Waals surface area contributed by atoms with Crippen LogP contribution in [0.15, 0.2) is 41.3 Å². The van der Waals surface area contributed by atoms with Crippen LogP contribution in [-0.4, -0.2) is 29.2 Å². The van der Waals surface area contributed by atoms with Crippen molar-refractivity contribution < 1.29 is 14.6 Å².